The third kappa shape index (κ3) is 4.47. The highest BCUT2D eigenvalue weighted by atomic mass is 35.5. The second-order valence-corrected chi connectivity index (χ2v) is 5.01. The highest BCUT2D eigenvalue weighted by molar-refractivity contribution is 5.85. The number of hydrogen-bond donors (Lipinski definition) is 2. The molecule has 0 spiro atoms. The van der Waals surface area contributed by atoms with Crippen LogP contribution < -0.4 is 10.6 Å². The Morgan fingerprint density at radius 3 is 2.95 bits per heavy atom. The summed E-state index contributed by atoms with van der Waals surface area (Å²) >= 11 is 0. The molecule has 1 amide bonds. The maximum atomic E-state index is 11.9. The molecule has 2 N–H and O–H groups in total. The van der Waals surface area contributed by atoms with E-state index in [1.165, 1.54) is 5.56 Å². The van der Waals surface area contributed by atoms with Crippen molar-refractivity contribution in [3.8, 4) is 0 Å². The van der Waals surface area contributed by atoms with E-state index in [9.17, 15) is 4.79 Å². The van der Waals surface area contributed by atoms with E-state index in [0.29, 0.717) is 19.6 Å². The lowest BCUT2D eigenvalue weighted by atomic mass is 9.95. The Morgan fingerprint density at radius 2 is 2.20 bits per heavy atom. The van der Waals surface area contributed by atoms with Crippen molar-refractivity contribution in [1.29, 1.82) is 0 Å². The Kier molecular flexibility index (Phi) is 6.99. The van der Waals surface area contributed by atoms with Gasteiger partial charge in [0, 0.05) is 12.6 Å². The summed E-state index contributed by atoms with van der Waals surface area (Å²) in [7, 11) is 1.89. The minimum Gasteiger partial charge on any atom is -0.373 e. The maximum absolute atomic E-state index is 11.9. The number of amides is 1. The molecule has 0 aromatic heterocycles. The molecule has 1 aliphatic heterocycles. The molecular formula is C15H23ClN2O2. The average Bonchev–Trinajstić information content (AvgIpc) is 2.45. The molecule has 1 aliphatic rings. The molecule has 0 aliphatic carbocycles. The second kappa shape index (κ2) is 8.25. The largest absolute Gasteiger partial charge is 0.373 e. The zero-order chi connectivity index (χ0) is 13.7. The molecule has 4 nitrogen and oxygen atoms in total. The van der Waals surface area contributed by atoms with Crippen molar-refractivity contribution < 1.29 is 9.53 Å². The summed E-state index contributed by atoms with van der Waals surface area (Å²) in [6, 6.07) is 8.50. The zero-order valence-corrected chi connectivity index (χ0v) is 12.8. The van der Waals surface area contributed by atoms with Crippen molar-refractivity contribution in [3.05, 3.63) is 35.4 Å². The highest BCUT2D eigenvalue weighted by Gasteiger charge is 2.22. The van der Waals surface area contributed by atoms with Crippen LogP contribution in [0.4, 0.5) is 0 Å². The van der Waals surface area contributed by atoms with Gasteiger partial charge >= 0.3 is 0 Å². The molecule has 2 unspecified atom stereocenters. The second-order valence-electron chi connectivity index (χ2n) is 5.01. The Bertz CT molecular complexity index is 440. The molecule has 0 radical (unpaired) electrons. The number of carbonyl (C=O) groups excluding carboxylic acids is 1. The summed E-state index contributed by atoms with van der Waals surface area (Å²) < 4.78 is 5.73. The van der Waals surface area contributed by atoms with E-state index in [0.717, 1.165) is 12.0 Å². The van der Waals surface area contributed by atoms with Crippen molar-refractivity contribution in [1.82, 2.24) is 10.6 Å². The summed E-state index contributed by atoms with van der Waals surface area (Å²) in [4.78, 5) is 11.9. The van der Waals surface area contributed by atoms with Crippen LogP contribution in [0.5, 0.6) is 0 Å². The van der Waals surface area contributed by atoms with Crippen LogP contribution in [0.15, 0.2) is 24.3 Å². The predicted octanol–water partition coefficient (Wildman–Crippen LogP) is 1.84. The first-order valence-corrected chi connectivity index (χ1v) is 6.84. The van der Waals surface area contributed by atoms with Crippen LogP contribution in [0.25, 0.3) is 0 Å². The normalized spacial score (nSPS) is 18.6. The number of nitrogens with one attached hydrogen (secondary N) is 2. The molecular weight excluding hydrogens is 276 g/mol. The van der Waals surface area contributed by atoms with E-state index < -0.39 is 0 Å². The lowest BCUT2D eigenvalue weighted by Crippen LogP contribution is -2.38. The number of hydrogen-bond acceptors (Lipinski definition) is 3. The molecule has 2 atom stereocenters. The molecule has 0 saturated carbocycles. The van der Waals surface area contributed by atoms with E-state index in [2.05, 4.69) is 22.8 Å². The van der Waals surface area contributed by atoms with Gasteiger partial charge < -0.3 is 15.4 Å². The van der Waals surface area contributed by atoms with Gasteiger partial charge in [-0.25, -0.2) is 0 Å². The van der Waals surface area contributed by atoms with Crippen LogP contribution in [0.3, 0.4) is 0 Å². The molecule has 0 saturated heterocycles. The molecule has 1 heterocycles. The van der Waals surface area contributed by atoms with Crippen molar-refractivity contribution in [2.75, 3.05) is 20.2 Å². The minimum atomic E-state index is -0.102. The maximum Gasteiger partial charge on any atom is 0.223 e. The fourth-order valence-corrected chi connectivity index (χ4v) is 2.26. The number of likely N-dealkylation sites (N-methyl/N-ethyl adjacent to an activating group) is 1. The molecule has 0 fully saturated rings. The van der Waals surface area contributed by atoms with Gasteiger partial charge in [0.05, 0.1) is 19.1 Å². The van der Waals surface area contributed by atoms with Gasteiger partial charge in [0.25, 0.3) is 0 Å². The van der Waals surface area contributed by atoms with E-state index in [1.54, 1.807) is 0 Å². The van der Waals surface area contributed by atoms with E-state index in [1.807, 2.05) is 26.1 Å². The zero-order valence-electron chi connectivity index (χ0n) is 12.0. The lowest BCUT2D eigenvalue weighted by Gasteiger charge is -2.25. The third-order valence-corrected chi connectivity index (χ3v) is 3.56. The third-order valence-electron chi connectivity index (χ3n) is 3.56. The monoisotopic (exact) mass is 298 g/mol. The predicted molar refractivity (Wildman–Crippen MR) is 82.2 cm³/mol. The number of fused-ring (bicyclic) bond motifs is 1. The van der Waals surface area contributed by atoms with Gasteiger partial charge in [0.2, 0.25) is 5.91 Å². The first-order chi connectivity index (χ1) is 9.20. The summed E-state index contributed by atoms with van der Waals surface area (Å²) in [5.41, 5.74) is 2.46. The van der Waals surface area contributed by atoms with Gasteiger partial charge in [-0.15, -0.1) is 12.4 Å². The first-order valence-electron chi connectivity index (χ1n) is 6.84. The van der Waals surface area contributed by atoms with Crippen LogP contribution >= 0.6 is 12.4 Å². The van der Waals surface area contributed by atoms with Crippen molar-refractivity contribution in [2.45, 2.75) is 31.9 Å². The van der Waals surface area contributed by atoms with Crippen LogP contribution in [0, 0.1) is 0 Å². The summed E-state index contributed by atoms with van der Waals surface area (Å²) in [5, 5.41) is 6.02. The lowest BCUT2D eigenvalue weighted by molar-refractivity contribution is -0.124. The van der Waals surface area contributed by atoms with Crippen molar-refractivity contribution in [3.63, 3.8) is 0 Å². The molecule has 1 aromatic rings. The van der Waals surface area contributed by atoms with Crippen molar-refractivity contribution >= 4 is 18.3 Å². The summed E-state index contributed by atoms with van der Waals surface area (Å²) in [5.74, 6) is 0.0452. The molecule has 112 valence electrons. The van der Waals surface area contributed by atoms with Gasteiger partial charge in [-0.3, -0.25) is 4.79 Å². The van der Waals surface area contributed by atoms with E-state index in [-0.39, 0.29) is 30.5 Å². The Hall–Kier alpha value is -1.10. The quantitative estimate of drug-likeness (QED) is 0.872. The molecule has 1 aromatic carbocycles. The van der Waals surface area contributed by atoms with Crippen LogP contribution in [0.1, 0.15) is 30.6 Å². The standard InChI is InChI=1S/C15H22N2O2.ClH/c1-11(16-2)10-17-15(18)9-14-13-6-4-3-5-12(13)7-8-19-14;/h3-6,11,14,16H,7-10H2,1-2H3,(H,17,18);1H. The molecule has 2 rings (SSSR count). The first kappa shape index (κ1) is 17.0. The molecule has 5 heteroatoms. The fraction of sp³-hybridized carbons (Fsp3) is 0.533. The van der Waals surface area contributed by atoms with Crippen LogP contribution in [-0.4, -0.2) is 32.1 Å². The smallest absolute Gasteiger partial charge is 0.223 e. The Balaban J connectivity index is 0.00000200. The van der Waals surface area contributed by atoms with E-state index in [4.69, 9.17) is 4.74 Å². The number of ether oxygens (including phenoxy) is 1. The molecule has 0 bridgehead atoms. The average molecular weight is 299 g/mol. The summed E-state index contributed by atoms with van der Waals surface area (Å²) in [6.07, 6.45) is 1.23. The minimum absolute atomic E-state index is 0. The topological polar surface area (TPSA) is 50.4 Å². The number of halogens is 1. The number of benzene rings is 1. The Morgan fingerprint density at radius 1 is 1.45 bits per heavy atom. The van der Waals surface area contributed by atoms with Crippen LogP contribution in [-0.2, 0) is 16.0 Å². The SMILES string of the molecule is CNC(C)CNC(=O)CC1OCCc2ccccc21.Cl. The number of rotatable bonds is 5. The van der Waals surface area contributed by atoms with Gasteiger partial charge in [0.15, 0.2) is 0 Å². The van der Waals surface area contributed by atoms with Crippen LogP contribution in [0.2, 0.25) is 0 Å². The van der Waals surface area contributed by atoms with Crippen molar-refractivity contribution in [2.24, 2.45) is 0 Å². The van der Waals surface area contributed by atoms with Gasteiger partial charge in [-0.1, -0.05) is 24.3 Å². The Labute approximate surface area is 126 Å². The fourth-order valence-electron chi connectivity index (χ4n) is 2.26. The summed E-state index contributed by atoms with van der Waals surface area (Å²) in [6.45, 7) is 3.37. The highest BCUT2D eigenvalue weighted by Crippen LogP contribution is 2.29. The number of carbonyl (C=O) groups is 1. The van der Waals surface area contributed by atoms with Gasteiger partial charge in [0.1, 0.15) is 0 Å². The van der Waals surface area contributed by atoms with Gasteiger partial charge in [-0.2, -0.15) is 0 Å². The van der Waals surface area contributed by atoms with Gasteiger partial charge in [-0.05, 0) is 31.5 Å². The molecule has 20 heavy (non-hydrogen) atoms. The van der Waals surface area contributed by atoms with E-state index >= 15 is 0 Å².